The van der Waals surface area contributed by atoms with Crippen molar-refractivity contribution in [2.24, 2.45) is 0 Å². The van der Waals surface area contributed by atoms with Gasteiger partial charge in [0.25, 0.3) is 5.91 Å². The van der Waals surface area contributed by atoms with Crippen LogP contribution in [0.25, 0.3) is 0 Å². The summed E-state index contributed by atoms with van der Waals surface area (Å²) in [6.45, 7) is 3.79. The van der Waals surface area contributed by atoms with Gasteiger partial charge in [-0.2, -0.15) is 0 Å². The molecule has 21 heavy (non-hydrogen) atoms. The Bertz CT molecular complexity index is 646. The van der Waals surface area contributed by atoms with Crippen LogP contribution >= 0.6 is 27.3 Å². The van der Waals surface area contributed by atoms with Crippen LogP contribution in [-0.2, 0) is 4.79 Å². The van der Waals surface area contributed by atoms with Crippen molar-refractivity contribution in [3.8, 4) is 5.75 Å². The Balaban J connectivity index is 1.89. The van der Waals surface area contributed by atoms with Crippen LogP contribution < -0.4 is 10.1 Å². The molecule has 2 aromatic rings. The molecule has 1 heterocycles. The molecule has 0 atom stereocenters. The number of anilines is 1. The summed E-state index contributed by atoms with van der Waals surface area (Å²) >= 11 is 4.51. The quantitative estimate of drug-likeness (QED) is 0.855. The second-order valence-electron chi connectivity index (χ2n) is 4.64. The maximum atomic E-state index is 13.5. The van der Waals surface area contributed by atoms with E-state index in [4.69, 9.17) is 4.74 Å². The van der Waals surface area contributed by atoms with E-state index in [1.54, 1.807) is 6.07 Å². The minimum Gasteiger partial charge on any atom is -0.481 e. The Morgan fingerprint density at radius 2 is 2.29 bits per heavy atom. The van der Waals surface area contributed by atoms with Crippen molar-refractivity contribution in [1.82, 2.24) is 4.98 Å². The van der Waals surface area contributed by atoms with E-state index >= 15 is 0 Å². The molecule has 0 aliphatic carbocycles. The number of ether oxygens (including phenoxy) is 1. The Morgan fingerprint density at radius 1 is 1.52 bits per heavy atom. The summed E-state index contributed by atoms with van der Waals surface area (Å²) in [6.07, 6.45) is 0. The van der Waals surface area contributed by atoms with Crippen molar-refractivity contribution in [2.45, 2.75) is 19.8 Å². The summed E-state index contributed by atoms with van der Waals surface area (Å²) < 4.78 is 19.3. The van der Waals surface area contributed by atoms with E-state index in [1.165, 1.54) is 23.5 Å². The van der Waals surface area contributed by atoms with Gasteiger partial charge in [0.15, 0.2) is 23.3 Å². The first-order valence-corrected chi connectivity index (χ1v) is 7.96. The maximum absolute atomic E-state index is 13.5. The molecule has 0 fully saturated rings. The van der Waals surface area contributed by atoms with Gasteiger partial charge in [-0.1, -0.05) is 29.8 Å². The van der Waals surface area contributed by atoms with E-state index in [0.29, 0.717) is 15.5 Å². The Labute approximate surface area is 134 Å². The Kier molecular flexibility index (Phi) is 5.30. The van der Waals surface area contributed by atoms with Crippen molar-refractivity contribution < 1.29 is 13.9 Å². The van der Waals surface area contributed by atoms with Gasteiger partial charge in [-0.15, -0.1) is 11.3 Å². The smallest absolute Gasteiger partial charge is 0.264 e. The molecule has 0 aliphatic rings. The molecule has 1 amide bonds. The first-order chi connectivity index (χ1) is 9.95. The highest BCUT2D eigenvalue weighted by Gasteiger charge is 2.11. The number of benzene rings is 1. The molecule has 1 aromatic carbocycles. The second-order valence-corrected chi connectivity index (χ2v) is 6.42. The van der Waals surface area contributed by atoms with Crippen LogP contribution in [0.5, 0.6) is 5.75 Å². The third-order valence-corrected chi connectivity index (χ3v) is 3.88. The summed E-state index contributed by atoms with van der Waals surface area (Å²) in [6, 6.07) is 4.39. The number of nitrogens with one attached hydrogen (secondary N) is 1. The van der Waals surface area contributed by atoms with E-state index in [9.17, 15) is 9.18 Å². The van der Waals surface area contributed by atoms with Crippen LogP contribution in [0.3, 0.4) is 0 Å². The third-order valence-electron chi connectivity index (χ3n) is 2.61. The number of thiazole rings is 1. The van der Waals surface area contributed by atoms with Gasteiger partial charge in [0, 0.05) is 9.85 Å². The summed E-state index contributed by atoms with van der Waals surface area (Å²) in [4.78, 5) is 16.0. The van der Waals surface area contributed by atoms with Gasteiger partial charge in [-0.05, 0) is 24.1 Å². The molecule has 1 N–H and O–H groups in total. The second kappa shape index (κ2) is 7.00. The predicted octanol–water partition coefficient (Wildman–Crippen LogP) is 4.19. The summed E-state index contributed by atoms with van der Waals surface area (Å²) in [7, 11) is 0. The van der Waals surface area contributed by atoms with Gasteiger partial charge < -0.3 is 4.74 Å². The van der Waals surface area contributed by atoms with Crippen LogP contribution in [0.2, 0.25) is 0 Å². The molecule has 0 aliphatic heterocycles. The van der Waals surface area contributed by atoms with Crippen molar-refractivity contribution in [3.05, 3.63) is 39.6 Å². The molecule has 0 spiro atoms. The summed E-state index contributed by atoms with van der Waals surface area (Å²) in [5.74, 6) is -0.550. The maximum Gasteiger partial charge on any atom is 0.264 e. The number of aromatic nitrogens is 1. The minimum atomic E-state index is -0.520. The van der Waals surface area contributed by atoms with Gasteiger partial charge in [0.2, 0.25) is 0 Å². The lowest BCUT2D eigenvalue weighted by atomic mass is 10.2. The summed E-state index contributed by atoms with van der Waals surface area (Å²) in [5.41, 5.74) is 0.926. The molecule has 0 saturated carbocycles. The fraction of sp³-hybridized carbons (Fsp3) is 0.286. The fourth-order valence-electron chi connectivity index (χ4n) is 1.50. The topological polar surface area (TPSA) is 51.2 Å². The largest absolute Gasteiger partial charge is 0.481 e. The van der Waals surface area contributed by atoms with Gasteiger partial charge in [-0.25, -0.2) is 9.37 Å². The number of rotatable bonds is 5. The monoisotopic (exact) mass is 372 g/mol. The van der Waals surface area contributed by atoms with Crippen molar-refractivity contribution in [3.63, 3.8) is 0 Å². The van der Waals surface area contributed by atoms with Gasteiger partial charge in [0.05, 0.1) is 5.69 Å². The minimum absolute atomic E-state index is 0.0374. The first kappa shape index (κ1) is 15.9. The highest BCUT2D eigenvalue weighted by molar-refractivity contribution is 9.10. The van der Waals surface area contributed by atoms with Crippen molar-refractivity contribution in [1.29, 1.82) is 0 Å². The van der Waals surface area contributed by atoms with E-state index < -0.39 is 5.82 Å². The molecule has 4 nitrogen and oxygen atoms in total. The predicted molar refractivity (Wildman–Crippen MR) is 84.4 cm³/mol. The van der Waals surface area contributed by atoms with Crippen LogP contribution in [-0.4, -0.2) is 17.5 Å². The zero-order valence-electron chi connectivity index (χ0n) is 11.5. The van der Waals surface area contributed by atoms with Crippen LogP contribution in [0.15, 0.2) is 28.1 Å². The fourth-order valence-corrected chi connectivity index (χ4v) is 2.72. The highest BCUT2D eigenvalue weighted by Crippen LogP contribution is 2.22. The van der Waals surface area contributed by atoms with Gasteiger partial charge in [-0.3, -0.25) is 10.1 Å². The normalized spacial score (nSPS) is 10.7. The molecule has 0 saturated heterocycles. The van der Waals surface area contributed by atoms with Crippen molar-refractivity contribution in [2.75, 3.05) is 11.9 Å². The van der Waals surface area contributed by atoms with Gasteiger partial charge in [0.1, 0.15) is 0 Å². The number of halogens is 2. The molecular formula is C14H14BrFN2O2S. The van der Waals surface area contributed by atoms with E-state index in [1.807, 2.05) is 19.2 Å². The molecule has 1 aromatic heterocycles. The average molecular weight is 373 g/mol. The number of nitrogens with zero attached hydrogens (tertiary/aromatic N) is 1. The molecule has 0 unspecified atom stereocenters. The Morgan fingerprint density at radius 3 is 2.90 bits per heavy atom. The van der Waals surface area contributed by atoms with E-state index in [2.05, 4.69) is 26.2 Å². The standard InChI is InChI=1S/C14H14BrFN2O2S/c1-8(2)11-7-21-14(17-11)18-13(19)6-20-12-4-3-9(15)5-10(12)16/h3-5,7-8H,6H2,1-2H3,(H,17,18,19). The SMILES string of the molecule is CC(C)c1csc(NC(=O)COc2ccc(Br)cc2F)n1. The number of carbonyl (C=O) groups is 1. The lowest BCUT2D eigenvalue weighted by Crippen LogP contribution is -2.20. The van der Waals surface area contributed by atoms with Crippen molar-refractivity contribution >= 4 is 38.3 Å². The number of carbonyl (C=O) groups excluding carboxylic acids is 1. The molecule has 112 valence electrons. The summed E-state index contributed by atoms with van der Waals surface area (Å²) in [5, 5.41) is 5.05. The highest BCUT2D eigenvalue weighted by atomic mass is 79.9. The lowest BCUT2D eigenvalue weighted by Gasteiger charge is -2.07. The number of hydrogen-bond acceptors (Lipinski definition) is 4. The lowest BCUT2D eigenvalue weighted by molar-refractivity contribution is -0.118. The Hall–Kier alpha value is -1.47. The molecule has 0 bridgehead atoms. The zero-order valence-corrected chi connectivity index (χ0v) is 13.9. The first-order valence-electron chi connectivity index (χ1n) is 6.29. The van der Waals surface area contributed by atoms with E-state index in [-0.39, 0.29) is 18.3 Å². The number of amides is 1. The molecule has 2 rings (SSSR count). The van der Waals surface area contributed by atoms with Gasteiger partial charge >= 0.3 is 0 Å². The third kappa shape index (κ3) is 4.50. The molecule has 0 radical (unpaired) electrons. The van der Waals surface area contributed by atoms with E-state index in [0.717, 1.165) is 5.69 Å². The zero-order chi connectivity index (χ0) is 15.4. The molecule has 7 heteroatoms. The van der Waals surface area contributed by atoms with Crippen LogP contribution in [0.1, 0.15) is 25.5 Å². The number of hydrogen-bond donors (Lipinski definition) is 1. The van der Waals surface area contributed by atoms with Crippen LogP contribution in [0, 0.1) is 5.82 Å². The van der Waals surface area contributed by atoms with Crippen LogP contribution in [0.4, 0.5) is 9.52 Å². The average Bonchev–Trinajstić information content (AvgIpc) is 2.86. The molecular weight excluding hydrogens is 359 g/mol.